The molecule has 2 aliphatic heterocycles. The van der Waals surface area contributed by atoms with Crippen LogP contribution in [-0.2, 0) is 0 Å². The number of halogens is 1. The maximum Gasteiger partial charge on any atom is 0.115 e. The van der Waals surface area contributed by atoms with Crippen LogP contribution in [-0.4, -0.2) is 29.7 Å². The largest absolute Gasteiger partial charge is 0.295 e. The summed E-state index contributed by atoms with van der Waals surface area (Å²) in [6.45, 7) is 8.62. The molecule has 0 radical (unpaired) electrons. The molecule has 2 fully saturated rings. The summed E-state index contributed by atoms with van der Waals surface area (Å²) in [4.78, 5) is 2.41. The molecule has 82 valence electrons. The molecule has 1 nitrogen and oxygen atoms in total. The molecular weight excluding hydrogens is 177 g/mol. The van der Waals surface area contributed by atoms with E-state index >= 15 is 0 Å². The Morgan fingerprint density at radius 1 is 1.43 bits per heavy atom. The molecule has 2 rings (SSSR count). The Morgan fingerprint density at radius 3 is 2.79 bits per heavy atom. The second kappa shape index (κ2) is 3.19. The van der Waals surface area contributed by atoms with Gasteiger partial charge < -0.3 is 0 Å². The maximum absolute atomic E-state index is 13.4. The van der Waals surface area contributed by atoms with Crippen molar-refractivity contribution in [3.8, 4) is 0 Å². The fraction of sp³-hybridized carbons (Fsp3) is 1.00. The number of fused-ring (bicyclic) bond motifs is 1. The summed E-state index contributed by atoms with van der Waals surface area (Å²) in [6.07, 6.45) is 3.84. The van der Waals surface area contributed by atoms with Gasteiger partial charge in [-0.1, -0.05) is 20.8 Å². The van der Waals surface area contributed by atoms with E-state index in [0.29, 0.717) is 12.0 Å². The average molecular weight is 199 g/mol. The lowest BCUT2D eigenvalue weighted by Gasteiger charge is -2.37. The van der Waals surface area contributed by atoms with Crippen molar-refractivity contribution in [1.82, 2.24) is 4.90 Å². The highest BCUT2D eigenvalue weighted by molar-refractivity contribution is 5.05. The summed E-state index contributed by atoms with van der Waals surface area (Å²) in [7, 11) is 0. The van der Waals surface area contributed by atoms with Crippen molar-refractivity contribution >= 4 is 0 Å². The van der Waals surface area contributed by atoms with Crippen LogP contribution in [0.15, 0.2) is 0 Å². The van der Waals surface area contributed by atoms with Gasteiger partial charge in [-0.25, -0.2) is 4.39 Å². The van der Waals surface area contributed by atoms with Gasteiger partial charge in [0.05, 0.1) is 0 Å². The minimum absolute atomic E-state index is 0.220. The lowest BCUT2D eigenvalue weighted by atomic mass is 9.77. The van der Waals surface area contributed by atoms with Gasteiger partial charge in [0, 0.05) is 12.1 Å². The number of hydrogen-bond donors (Lipinski definition) is 0. The van der Waals surface area contributed by atoms with Crippen molar-refractivity contribution in [2.75, 3.05) is 13.1 Å². The molecule has 0 spiro atoms. The van der Waals surface area contributed by atoms with Crippen LogP contribution in [0, 0.1) is 5.41 Å². The van der Waals surface area contributed by atoms with E-state index in [2.05, 4.69) is 25.7 Å². The normalized spacial score (nSPS) is 39.0. The number of alkyl halides is 1. The van der Waals surface area contributed by atoms with Crippen molar-refractivity contribution in [1.29, 1.82) is 0 Å². The molecule has 14 heavy (non-hydrogen) atoms. The third-order valence-corrected chi connectivity index (χ3v) is 3.62. The smallest absolute Gasteiger partial charge is 0.115 e. The van der Waals surface area contributed by atoms with Gasteiger partial charge in [-0.2, -0.15) is 0 Å². The highest BCUT2D eigenvalue weighted by Gasteiger charge is 2.49. The number of hydrogen-bond acceptors (Lipinski definition) is 1. The molecule has 0 aromatic heterocycles. The van der Waals surface area contributed by atoms with Gasteiger partial charge in [0.15, 0.2) is 0 Å². The zero-order valence-electron chi connectivity index (χ0n) is 9.65. The van der Waals surface area contributed by atoms with Crippen molar-refractivity contribution < 1.29 is 4.39 Å². The van der Waals surface area contributed by atoms with Crippen LogP contribution in [0.25, 0.3) is 0 Å². The molecular formula is C12H22FN. The fourth-order valence-corrected chi connectivity index (χ4v) is 3.49. The molecule has 2 aliphatic rings. The van der Waals surface area contributed by atoms with Gasteiger partial charge in [-0.05, 0) is 37.6 Å². The molecule has 0 aromatic carbocycles. The lowest BCUT2D eigenvalue weighted by Crippen LogP contribution is -2.41. The molecule has 2 heteroatoms. The van der Waals surface area contributed by atoms with E-state index in [1.54, 1.807) is 0 Å². The summed E-state index contributed by atoms with van der Waals surface area (Å²) in [5.41, 5.74) is 0.546. The fourth-order valence-electron chi connectivity index (χ4n) is 3.49. The number of nitrogens with zero attached hydrogens (tertiary/aromatic N) is 1. The van der Waals surface area contributed by atoms with E-state index in [1.807, 2.05) is 0 Å². The zero-order valence-corrected chi connectivity index (χ0v) is 9.65. The standard InChI is InChI=1S/C12H22FN/c1-11(2,3)9-12-5-4-6-14(12)8-10(13)7-12/h10H,4-9H2,1-3H3/t10-,12-/m1/s1. The molecule has 0 amide bonds. The van der Waals surface area contributed by atoms with Crippen LogP contribution in [0.3, 0.4) is 0 Å². The van der Waals surface area contributed by atoms with Gasteiger partial charge in [0.2, 0.25) is 0 Å². The summed E-state index contributed by atoms with van der Waals surface area (Å²) in [5.74, 6) is 0. The maximum atomic E-state index is 13.4. The molecule has 0 aromatic rings. The lowest BCUT2D eigenvalue weighted by molar-refractivity contribution is 0.129. The van der Waals surface area contributed by atoms with E-state index in [-0.39, 0.29) is 5.54 Å². The topological polar surface area (TPSA) is 3.24 Å². The van der Waals surface area contributed by atoms with Crippen LogP contribution in [0.4, 0.5) is 4.39 Å². The van der Waals surface area contributed by atoms with Crippen LogP contribution in [0.5, 0.6) is 0 Å². The predicted octanol–water partition coefficient (Wildman–Crippen LogP) is 3.00. The van der Waals surface area contributed by atoms with Gasteiger partial charge in [0.1, 0.15) is 6.17 Å². The van der Waals surface area contributed by atoms with Crippen LogP contribution >= 0.6 is 0 Å². The first-order valence-corrected chi connectivity index (χ1v) is 5.80. The van der Waals surface area contributed by atoms with Crippen LogP contribution < -0.4 is 0 Å². The number of rotatable bonds is 1. The van der Waals surface area contributed by atoms with E-state index in [4.69, 9.17) is 0 Å². The van der Waals surface area contributed by atoms with E-state index < -0.39 is 6.17 Å². The SMILES string of the molecule is CC(C)(C)C[C@]12CCCN1C[C@H](F)C2. The van der Waals surface area contributed by atoms with Crippen LogP contribution in [0.1, 0.15) is 46.5 Å². The molecule has 2 saturated heterocycles. The Balaban J connectivity index is 2.12. The minimum atomic E-state index is -0.572. The van der Waals surface area contributed by atoms with Gasteiger partial charge in [0.25, 0.3) is 0 Å². The van der Waals surface area contributed by atoms with Crippen molar-refractivity contribution in [3.05, 3.63) is 0 Å². The monoisotopic (exact) mass is 199 g/mol. The minimum Gasteiger partial charge on any atom is -0.295 e. The summed E-state index contributed by atoms with van der Waals surface area (Å²) in [6, 6.07) is 0. The molecule has 0 saturated carbocycles. The van der Waals surface area contributed by atoms with E-state index in [1.165, 1.54) is 12.8 Å². The Morgan fingerprint density at radius 2 is 2.14 bits per heavy atom. The third kappa shape index (κ3) is 1.81. The third-order valence-electron chi connectivity index (χ3n) is 3.62. The highest BCUT2D eigenvalue weighted by atomic mass is 19.1. The van der Waals surface area contributed by atoms with E-state index in [0.717, 1.165) is 19.4 Å². The van der Waals surface area contributed by atoms with Gasteiger partial charge in [-0.3, -0.25) is 4.90 Å². The molecule has 0 bridgehead atoms. The highest BCUT2D eigenvalue weighted by Crippen LogP contribution is 2.46. The predicted molar refractivity (Wildman–Crippen MR) is 57.1 cm³/mol. The molecule has 0 unspecified atom stereocenters. The second-order valence-electron chi connectivity index (χ2n) is 6.31. The first-order valence-electron chi connectivity index (χ1n) is 5.80. The summed E-state index contributed by atoms with van der Waals surface area (Å²) in [5, 5.41) is 0. The summed E-state index contributed by atoms with van der Waals surface area (Å²) < 4.78 is 13.4. The zero-order chi connectivity index (χ0) is 10.4. The molecule has 2 atom stereocenters. The Hall–Kier alpha value is -0.110. The van der Waals surface area contributed by atoms with Crippen molar-refractivity contribution in [2.45, 2.75) is 58.2 Å². The molecule has 2 heterocycles. The molecule has 0 N–H and O–H groups in total. The Labute approximate surface area is 86.7 Å². The summed E-state index contributed by atoms with van der Waals surface area (Å²) >= 11 is 0. The Bertz CT molecular complexity index is 221. The molecule has 0 aliphatic carbocycles. The first-order chi connectivity index (χ1) is 6.41. The van der Waals surface area contributed by atoms with Crippen LogP contribution in [0.2, 0.25) is 0 Å². The second-order valence-corrected chi connectivity index (χ2v) is 6.31. The van der Waals surface area contributed by atoms with Crippen molar-refractivity contribution in [3.63, 3.8) is 0 Å². The quantitative estimate of drug-likeness (QED) is 0.627. The van der Waals surface area contributed by atoms with E-state index in [9.17, 15) is 4.39 Å². The van der Waals surface area contributed by atoms with Gasteiger partial charge >= 0.3 is 0 Å². The van der Waals surface area contributed by atoms with Crippen molar-refractivity contribution in [2.24, 2.45) is 5.41 Å². The average Bonchev–Trinajstić information content (AvgIpc) is 2.38. The van der Waals surface area contributed by atoms with Gasteiger partial charge in [-0.15, -0.1) is 0 Å². The Kier molecular flexibility index (Phi) is 2.37. The first kappa shape index (κ1) is 10.4.